The van der Waals surface area contributed by atoms with Crippen LogP contribution in [0.5, 0.6) is 0 Å². The molecule has 0 fully saturated rings. The fourth-order valence-corrected chi connectivity index (χ4v) is 3.64. The molecule has 1 atom stereocenters. The maximum atomic E-state index is 13.3. The van der Waals surface area contributed by atoms with E-state index in [4.69, 9.17) is 5.73 Å². The van der Waals surface area contributed by atoms with Crippen LogP contribution in [0.1, 0.15) is 16.5 Å². The van der Waals surface area contributed by atoms with Crippen molar-refractivity contribution in [3.63, 3.8) is 0 Å². The molecule has 1 heterocycles. The Morgan fingerprint density at radius 3 is 2.40 bits per heavy atom. The van der Waals surface area contributed by atoms with Crippen molar-refractivity contribution >= 4 is 27.3 Å². The molecule has 1 aromatic carbocycles. The van der Waals surface area contributed by atoms with Crippen molar-refractivity contribution in [2.45, 2.75) is 12.6 Å². The van der Waals surface area contributed by atoms with Crippen molar-refractivity contribution < 1.29 is 8.78 Å². The van der Waals surface area contributed by atoms with Gasteiger partial charge in [-0.25, -0.2) is 8.78 Å². The Hall–Kier alpha value is -0.820. The molecule has 2 nitrogen and oxygen atoms in total. The molecule has 108 valence electrons. The average Bonchev–Trinajstić information content (AvgIpc) is 2.74. The standard InChI is InChI=1S/C14H15BrF2N2S/c1-19(7-13-4-10(15)8-20-13)14(6-18)9-2-11(16)5-12(17)3-9/h2-5,8,14H,6-7,18H2,1H3. The second-order valence-corrected chi connectivity index (χ2v) is 6.51. The lowest BCUT2D eigenvalue weighted by atomic mass is 10.1. The van der Waals surface area contributed by atoms with E-state index in [9.17, 15) is 8.78 Å². The molecular weight excluding hydrogens is 346 g/mol. The van der Waals surface area contributed by atoms with Gasteiger partial charge in [0.2, 0.25) is 0 Å². The lowest BCUT2D eigenvalue weighted by Crippen LogP contribution is -2.30. The van der Waals surface area contributed by atoms with E-state index in [-0.39, 0.29) is 6.04 Å². The van der Waals surface area contributed by atoms with E-state index < -0.39 is 11.6 Å². The third-order valence-electron chi connectivity index (χ3n) is 3.05. The molecule has 0 amide bonds. The highest BCUT2D eigenvalue weighted by molar-refractivity contribution is 9.10. The van der Waals surface area contributed by atoms with Gasteiger partial charge in [-0.15, -0.1) is 11.3 Å². The summed E-state index contributed by atoms with van der Waals surface area (Å²) >= 11 is 5.04. The molecule has 2 aromatic rings. The summed E-state index contributed by atoms with van der Waals surface area (Å²) in [4.78, 5) is 3.15. The van der Waals surface area contributed by atoms with Crippen molar-refractivity contribution in [3.05, 3.63) is 56.2 Å². The topological polar surface area (TPSA) is 29.3 Å². The van der Waals surface area contributed by atoms with Crippen LogP contribution in [-0.2, 0) is 6.54 Å². The molecule has 0 spiro atoms. The SMILES string of the molecule is CN(Cc1cc(Br)cs1)C(CN)c1cc(F)cc(F)c1. The van der Waals surface area contributed by atoms with Gasteiger partial charge in [-0.2, -0.15) is 0 Å². The van der Waals surface area contributed by atoms with E-state index in [0.717, 1.165) is 15.4 Å². The normalized spacial score (nSPS) is 12.9. The number of nitrogens with zero attached hydrogens (tertiary/aromatic N) is 1. The molecule has 0 saturated heterocycles. The van der Waals surface area contributed by atoms with Gasteiger partial charge in [-0.05, 0) is 46.7 Å². The first-order valence-electron chi connectivity index (χ1n) is 6.09. The Bertz CT molecular complexity index is 568. The molecule has 0 radical (unpaired) electrons. The molecule has 0 saturated carbocycles. The van der Waals surface area contributed by atoms with Gasteiger partial charge >= 0.3 is 0 Å². The Balaban J connectivity index is 2.18. The minimum Gasteiger partial charge on any atom is -0.329 e. The first-order valence-corrected chi connectivity index (χ1v) is 7.76. The predicted molar refractivity (Wildman–Crippen MR) is 81.6 cm³/mol. The summed E-state index contributed by atoms with van der Waals surface area (Å²) in [6.07, 6.45) is 0. The molecule has 1 aromatic heterocycles. The van der Waals surface area contributed by atoms with E-state index in [1.165, 1.54) is 12.1 Å². The quantitative estimate of drug-likeness (QED) is 0.875. The van der Waals surface area contributed by atoms with Crippen LogP contribution in [0.2, 0.25) is 0 Å². The molecule has 6 heteroatoms. The van der Waals surface area contributed by atoms with E-state index >= 15 is 0 Å². The van der Waals surface area contributed by atoms with Gasteiger partial charge in [0.15, 0.2) is 0 Å². The largest absolute Gasteiger partial charge is 0.329 e. The molecule has 20 heavy (non-hydrogen) atoms. The number of nitrogens with two attached hydrogens (primary N) is 1. The monoisotopic (exact) mass is 360 g/mol. The smallest absolute Gasteiger partial charge is 0.126 e. The Morgan fingerprint density at radius 1 is 1.25 bits per heavy atom. The zero-order chi connectivity index (χ0) is 14.7. The van der Waals surface area contributed by atoms with Crippen LogP contribution in [0.15, 0.2) is 34.1 Å². The Morgan fingerprint density at radius 2 is 1.90 bits per heavy atom. The number of hydrogen-bond donors (Lipinski definition) is 1. The first-order chi connectivity index (χ1) is 9.49. The number of likely N-dealkylation sites (N-methyl/N-ethyl adjacent to an activating group) is 1. The third kappa shape index (κ3) is 3.85. The van der Waals surface area contributed by atoms with Crippen molar-refractivity contribution in [2.24, 2.45) is 5.73 Å². The minimum atomic E-state index is -0.578. The van der Waals surface area contributed by atoms with E-state index in [0.29, 0.717) is 18.7 Å². The summed E-state index contributed by atoms with van der Waals surface area (Å²) in [5, 5.41) is 2.00. The second kappa shape index (κ2) is 6.76. The highest BCUT2D eigenvalue weighted by Crippen LogP contribution is 2.26. The van der Waals surface area contributed by atoms with E-state index in [2.05, 4.69) is 15.9 Å². The number of hydrogen-bond acceptors (Lipinski definition) is 3. The zero-order valence-electron chi connectivity index (χ0n) is 10.9. The average molecular weight is 361 g/mol. The number of benzene rings is 1. The van der Waals surface area contributed by atoms with E-state index in [1.54, 1.807) is 11.3 Å². The fraction of sp³-hybridized carbons (Fsp3) is 0.286. The van der Waals surface area contributed by atoms with Crippen molar-refractivity contribution in [1.29, 1.82) is 0 Å². The third-order valence-corrected chi connectivity index (χ3v) is 4.73. The highest BCUT2D eigenvalue weighted by atomic mass is 79.9. The predicted octanol–water partition coefficient (Wildman–Crippen LogP) is 3.92. The van der Waals surface area contributed by atoms with Crippen LogP contribution in [0.3, 0.4) is 0 Å². The molecule has 0 aliphatic heterocycles. The van der Waals surface area contributed by atoms with Gasteiger partial charge in [0, 0.05) is 39.9 Å². The summed E-state index contributed by atoms with van der Waals surface area (Å²) in [5.41, 5.74) is 6.33. The molecule has 0 aliphatic rings. The number of halogens is 3. The van der Waals surface area contributed by atoms with Gasteiger partial charge in [0.25, 0.3) is 0 Å². The number of thiophene rings is 1. The number of rotatable bonds is 5. The molecule has 2 rings (SSSR count). The van der Waals surface area contributed by atoms with Gasteiger partial charge < -0.3 is 5.73 Å². The Kier molecular flexibility index (Phi) is 5.26. The maximum absolute atomic E-state index is 13.3. The second-order valence-electron chi connectivity index (χ2n) is 4.60. The van der Waals surface area contributed by atoms with Crippen molar-refractivity contribution in [1.82, 2.24) is 4.90 Å². The van der Waals surface area contributed by atoms with Crippen LogP contribution < -0.4 is 5.73 Å². The molecule has 1 unspecified atom stereocenters. The van der Waals surface area contributed by atoms with Gasteiger partial charge in [0.05, 0.1) is 0 Å². The van der Waals surface area contributed by atoms with E-state index in [1.807, 2.05) is 23.4 Å². The highest BCUT2D eigenvalue weighted by Gasteiger charge is 2.18. The first kappa shape index (κ1) is 15.6. The molecular formula is C14H15BrF2N2S. The maximum Gasteiger partial charge on any atom is 0.126 e. The summed E-state index contributed by atoms with van der Waals surface area (Å²) < 4.78 is 27.7. The minimum absolute atomic E-state index is 0.221. The lowest BCUT2D eigenvalue weighted by molar-refractivity contribution is 0.243. The summed E-state index contributed by atoms with van der Waals surface area (Å²) in [6, 6.07) is 5.35. The van der Waals surface area contributed by atoms with Crippen LogP contribution in [0.4, 0.5) is 8.78 Å². The van der Waals surface area contributed by atoms with Crippen LogP contribution >= 0.6 is 27.3 Å². The Labute approximate surface area is 129 Å². The summed E-state index contributed by atoms with van der Waals surface area (Å²) in [6.45, 7) is 0.974. The van der Waals surface area contributed by atoms with Gasteiger partial charge in [-0.1, -0.05) is 0 Å². The molecule has 2 N–H and O–H groups in total. The molecule has 0 bridgehead atoms. The zero-order valence-corrected chi connectivity index (χ0v) is 13.3. The van der Waals surface area contributed by atoms with Crippen molar-refractivity contribution in [3.8, 4) is 0 Å². The van der Waals surface area contributed by atoms with Crippen LogP contribution in [0.25, 0.3) is 0 Å². The van der Waals surface area contributed by atoms with Crippen LogP contribution in [-0.4, -0.2) is 18.5 Å². The van der Waals surface area contributed by atoms with Crippen molar-refractivity contribution in [2.75, 3.05) is 13.6 Å². The van der Waals surface area contributed by atoms with Gasteiger partial charge in [-0.3, -0.25) is 4.90 Å². The van der Waals surface area contributed by atoms with Gasteiger partial charge in [0.1, 0.15) is 11.6 Å². The summed E-state index contributed by atoms with van der Waals surface area (Å²) in [7, 11) is 1.90. The lowest BCUT2D eigenvalue weighted by Gasteiger charge is -2.27. The molecule has 0 aliphatic carbocycles. The van der Waals surface area contributed by atoms with Crippen LogP contribution in [0, 0.1) is 11.6 Å². The fourth-order valence-electron chi connectivity index (χ4n) is 2.13. The summed E-state index contributed by atoms with van der Waals surface area (Å²) in [5.74, 6) is -1.16.